The van der Waals surface area contributed by atoms with E-state index in [4.69, 9.17) is 0 Å². The third-order valence-corrected chi connectivity index (χ3v) is 6.42. The van der Waals surface area contributed by atoms with E-state index in [-0.39, 0.29) is 12.4 Å². The summed E-state index contributed by atoms with van der Waals surface area (Å²) >= 11 is 0. The van der Waals surface area contributed by atoms with Crippen LogP contribution in [0.4, 0.5) is 11.4 Å². The summed E-state index contributed by atoms with van der Waals surface area (Å²) in [5, 5.41) is 9.42. The van der Waals surface area contributed by atoms with E-state index in [0.717, 1.165) is 23.7 Å². The molecule has 0 bridgehead atoms. The molecule has 0 aromatic heterocycles. The van der Waals surface area contributed by atoms with Crippen molar-refractivity contribution in [3.8, 4) is 6.07 Å². The molecule has 2 aliphatic carbocycles. The molecule has 0 amide bonds. The first-order chi connectivity index (χ1) is 12.7. The van der Waals surface area contributed by atoms with Crippen LogP contribution in [0.5, 0.6) is 0 Å². The van der Waals surface area contributed by atoms with Crippen molar-refractivity contribution < 1.29 is 0 Å². The van der Waals surface area contributed by atoms with Gasteiger partial charge in [0.05, 0.1) is 11.3 Å². The molecule has 2 aromatic carbocycles. The zero-order valence-corrected chi connectivity index (χ0v) is 16.6. The lowest BCUT2D eigenvalue weighted by Gasteiger charge is -2.36. The number of nitriles is 1. The molecule has 3 aliphatic rings. The SMILES string of the molecule is CN(c1ccc2c(c1)CN(CC1CC1)CC21CC1)c1ccccc1C#N.Cl. The van der Waals surface area contributed by atoms with Crippen molar-refractivity contribution in [2.75, 3.05) is 25.0 Å². The third-order valence-electron chi connectivity index (χ3n) is 6.42. The van der Waals surface area contributed by atoms with E-state index in [2.05, 4.69) is 41.1 Å². The number of benzene rings is 2. The molecule has 0 atom stereocenters. The Morgan fingerprint density at radius 1 is 1.19 bits per heavy atom. The first-order valence-electron chi connectivity index (χ1n) is 9.77. The maximum absolute atomic E-state index is 9.42. The number of hydrogen-bond acceptors (Lipinski definition) is 3. The minimum absolute atomic E-state index is 0. The lowest BCUT2D eigenvalue weighted by molar-refractivity contribution is 0.213. The fourth-order valence-electron chi connectivity index (χ4n) is 4.62. The number of halogens is 1. The smallest absolute Gasteiger partial charge is 0.101 e. The van der Waals surface area contributed by atoms with Gasteiger partial charge in [-0.25, -0.2) is 0 Å². The first-order valence-corrected chi connectivity index (χ1v) is 9.77. The second-order valence-electron chi connectivity index (χ2n) is 8.42. The van der Waals surface area contributed by atoms with Crippen molar-refractivity contribution in [1.29, 1.82) is 5.26 Å². The zero-order chi connectivity index (χ0) is 17.7. The van der Waals surface area contributed by atoms with Gasteiger partial charge in [-0.05, 0) is 67.0 Å². The molecule has 27 heavy (non-hydrogen) atoms. The predicted octanol–water partition coefficient (Wildman–Crippen LogP) is 5.01. The Kier molecular flexibility index (Phi) is 4.66. The Hall–Kier alpha value is -2.02. The molecule has 1 aliphatic heterocycles. The molecule has 0 N–H and O–H groups in total. The highest BCUT2D eigenvalue weighted by Gasteiger charge is 2.49. The highest BCUT2D eigenvalue weighted by atomic mass is 35.5. The van der Waals surface area contributed by atoms with Crippen LogP contribution in [0.2, 0.25) is 0 Å². The van der Waals surface area contributed by atoms with E-state index in [9.17, 15) is 5.26 Å². The zero-order valence-electron chi connectivity index (χ0n) is 15.8. The van der Waals surface area contributed by atoms with E-state index in [1.165, 1.54) is 50.0 Å². The summed E-state index contributed by atoms with van der Waals surface area (Å²) in [5.41, 5.74) is 6.38. The summed E-state index contributed by atoms with van der Waals surface area (Å²) in [6.45, 7) is 3.61. The van der Waals surface area contributed by atoms with Crippen LogP contribution in [0.3, 0.4) is 0 Å². The highest BCUT2D eigenvalue weighted by molar-refractivity contribution is 5.85. The van der Waals surface area contributed by atoms with Gasteiger partial charge in [0, 0.05) is 37.8 Å². The van der Waals surface area contributed by atoms with Crippen LogP contribution in [-0.2, 0) is 12.0 Å². The van der Waals surface area contributed by atoms with Gasteiger partial charge in [0.1, 0.15) is 6.07 Å². The van der Waals surface area contributed by atoms with Crippen LogP contribution < -0.4 is 4.90 Å². The van der Waals surface area contributed by atoms with Crippen LogP contribution in [0.1, 0.15) is 42.4 Å². The Morgan fingerprint density at radius 3 is 2.67 bits per heavy atom. The molecule has 5 rings (SSSR count). The molecule has 0 unspecified atom stereocenters. The van der Waals surface area contributed by atoms with E-state index < -0.39 is 0 Å². The molecule has 2 saturated carbocycles. The molecule has 140 valence electrons. The summed E-state index contributed by atoms with van der Waals surface area (Å²) in [6, 6.07) is 17.1. The number of fused-ring (bicyclic) bond motifs is 2. The van der Waals surface area contributed by atoms with Crippen molar-refractivity contribution in [1.82, 2.24) is 4.90 Å². The van der Waals surface area contributed by atoms with Gasteiger partial charge in [-0.2, -0.15) is 5.26 Å². The molecular formula is C23H26ClN3. The number of hydrogen-bond donors (Lipinski definition) is 0. The van der Waals surface area contributed by atoms with Crippen LogP contribution in [0.15, 0.2) is 42.5 Å². The monoisotopic (exact) mass is 379 g/mol. The first kappa shape index (κ1) is 18.3. The van der Waals surface area contributed by atoms with Gasteiger partial charge in [-0.15, -0.1) is 12.4 Å². The van der Waals surface area contributed by atoms with Crippen molar-refractivity contribution in [2.24, 2.45) is 5.92 Å². The Morgan fingerprint density at radius 2 is 1.96 bits per heavy atom. The Bertz CT molecular complexity index is 893. The molecule has 1 spiro atoms. The van der Waals surface area contributed by atoms with Crippen molar-refractivity contribution >= 4 is 23.8 Å². The second kappa shape index (κ2) is 6.86. The highest BCUT2D eigenvalue weighted by Crippen LogP contribution is 2.53. The van der Waals surface area contributed by atoms with E-state index in [1.807, 2.05) is 24.3 Å². The number of rotatable bonds is 4. The normalized spacial score (nSPS) is 19.7. The summed E-state index contributed by atoms with van der Waals surface area (Å²) in [4.78, 5) is 4.85. The fourth-order valence-corrected chi connectivity index (χ4v) is 4.62. The van der Waals surface area contributed by atoms with Crippen molar-refractivity contribution in [3.05, 3.63) is 59.2 Å². The maximum Gasteiger partial charge on any atom is 0.101 e. The van der Waals surface area contributed by atoms with Gasteiger partial charge in [-0.1, -0.05) is 18.2 Å². The van der Waals surface area contributed by atoms with Crippen LogP contribution in [0.25, 0.3) is 0 Å². The minimum Gasteiger partial charge on any atom is -0.344 e. The summed E-state index contributed by atoms with van der Waals surface area (Å²) in [6.07, 6.45) is 5.52. The molecule has 2 fully saturated rings. The largest absolute Gasteiger partial charge is 0.344 e. The standard InChI is InChI=1S/C23H25N3.ClH/c1-25(22-5-3-2-4-18(22)13-24)20-8-9-21-19(12-20)15-26(14-17-6-7-17)16-23(21)10-11-23;/h2-5,8-9,12,17H,6-7,10-11,14-16H2,1H3;1H. The van der Waals surface area contributed by atoms with Crippen LogP contribution in [0, 0.1) is 17.2 Å². The second-order valence-corrected chi connectivity index (χ2v) is 8.42. The molecular weight excluding hydrogens is 354 g/mol. The summed E-state index contributed by atoms with van der Waals surface area (Å²) in [5.74, 6) is 0.945. The van der Waals surface area contributed by atoms with E-state index in [0.29, 0.717) is 5.41 Å². The molecule has 0 saturated heterocycles. The minimum atomic E-state index is 0. The predicted molar refractivity (Wildman–Crippen MR) is 112 cm³/mol. The van der Waals surface area contributed by atoms with Gasteiger partial charge in [0.2, 0.25) is 0 Å². The van der Waals surface area contributed by atoms with Gasteiger partial charge >= 0.3 is 0 Å². The van der Waals surface area contributed by atoms with Crippen molar-refractivity contribution in [3.63, 3.8) is 0 Å². The lowest BCUT2D eigenvalue weighted by Crippen LogP contribution is -2.39. The van der Waals surface area contributed by atoms with Gasteiger partial charge < -0.3 is 4.90 Å². The molecule has 3 nitrogen and oxygen atoms in total. The summed E-state index contributed by atoms with van der Waals surface area (Å²) < 4.78 is 0. The lowest BCUT2D eigenvalue weighted by atomic mass is 9.86. The fraction of sp³-hybridized carbons (Fsp3) is 0.435. The molecule has 4 heteroatoms. The van der Waals surface area contributed by atoms with Gasteiger partial charge in [0.25, 0.3) is 0 Å². The van der Waals surface area contributed by atoms with Crippen molar-refractivity contribution in [2.45, 2.75) is 37.6 Å². The van der Waals surface area contributed by atoms with Gasteiger partial charge in [-0.3, -0.25) is 4.90 Å². The Labute approximate surface area is 168 Å². The average molecular weight is 380 g/mol. The van der Waals surface area contributed by atoms with Gasteiger partial charge in [0.15, 0.2) is 0 Å². The number of para-hydroxylation sites is 1. The quantitative estimate of drug-likeness (QED) is 0.748. The molecule has 2 aromatic rings. The third kappa shape index (κ3) is 3.33. The average Bonchev–Trinajstić information content (AvgIpc) is 3.59. The maximum atomic E-state index is 9.42. The summed E-state index contributed by atoms with van der Waals surface area (Å²) in [7, 11) is 2.07. The molecule has 0 radical (unpaired) electrons. The molecule has 1 heterocycles. The van der Waals surface area contributed by atoms with E-state index in [1.54, 1.807) is 5.56 Å². The van der Waals surface area contributed by atoms with Crippen LogP contribution in [-0.4, -0.2) is 25.0 Å². The number of nitrogens with zero attached hydrogens (tertiary/aromatic N) is 3. The topological polar surface area (TPSA) is 30.3 Å². The van der Waals surface area contributed by atoms with E-state index >= 15 is 0 Å². The number of anilines is 2. The van der Waals surface area contributed by atoms with Crippen LogP contribution >= 0.6 is 12.4 Å². The Balaban J connectivity index is 0.00000180.